The van der Waals surface area contributed by atoms with Gasteiger partial charge in [0.2, 0.25) is 0 Å². The molecule has 0 aromatic carbocycles. The predicted molar refractivity (Wildman–Crippen MR) is 88.4 cm³/mol. The Bertz CT molecular complexity index is 823. The molecule has 134 valence electrons. The number of amides is 1. The van der Waals surface area contributed by atoms with E-state index in [4.69, 9.17) is 9.63 Å². The molecule has 2 aromatic rings. The number of nitrogens with one attached hydrogen (secondary N) is 1. The summed E-state index contributed by atoms with van der Waals surface area (Å²) >= 11 is 0. The van der Waals surface area contributed by atoms with Gasteiger partial charge in [-0.05, 0) is 32.3 Å². The summed E-state index contributed by atoms with van der Waals surface area (Å²) in [7, 11) is 0. The standard InChI is InChI=1S/C17H21N3O5/c1-3-4-11-13-10(14(21)18-8-17(2,24)16(22)23)7-12(9-5-6-9)19-15(13)25-20-11/h7,9,24H,3-6,8H2,1-2H3,(H,18,21)(H,22,23). The summed E-state index contributed by atoms with van der Waals surface area (Å²) in [5.41, 5.74) is 0.0762. The Kier molecular flexibility index (Phi) is 4.47. The largest absolute Gasteiger partial charge is 0.479 e. The van der Waals surface area contributed by atoms with Crippen LogP contribution in [-0.2, 0) is 11.2 Å². The normalized spacial score (nSPS) is 16.6. The molecule has 1 atom stereocenters. The van der Waals surface area contributed by atoms with Crippen molar-refractivity contribution in [2.75, 3.05) is 6.54 Å². The van der Waals surface area contributed by atoms with E-state index in [0.717, 1.165) is 31.9 Å². The minimum absolute atomic E-state index is 0.317. The van der Waals surface area contributed by atoms with Crippen LogP contribution in [0.25, 0.3) is 11.1 Å². The molecule has 1 unspecified atom stereocenters. The zero-order valence-electron chi connectivity index (χ0n) is 14.2. The highest BCUT2D eigenvalue weighted by molar-refractivity contribution is 6.06. The fourth-order valence-electron chi connectivity index (χ4n) is 2.63. The summed E-state index contributed by atoms with van der Waals surface area (Å²) < 4.78 is 5.31. The number of carbonyl (C=O) groups is 2. The van der Waals surface area contributed by atoms with E-state index >= 15 is 0 Å². The molecular weight excluding hydrogens is 326 g/mol. The molecule has 1 saturated carbocycles. The van der Waals surface area contributed by atoms with Crippen LogP contribution in [-0.4, -0.2) is 44.4 Å². The van der Waals surface area contributed by atoms with Crippen LogP contribution in [0.3, 0.4) is 0 Å². The Balaban J connectivity index is 1.96. The Morgan fingerprint density at radius 1 is 1.44 bits per heavy atom. The number of carboxylic acid groups (broad SMARTS) is 1. The SMILES string of the molecule is CCCc1noc2nc(C3CC3)cc(C(=O)NCC(C)(O)C(=O)O)c12. The lowest BCUT2D eigenvalue weighted by atomic mass is 10.0. The van der Waals surface area contributed by atoms with Crippen LogP contribution in [0.15, 0.2) is 10.6 Å². The lowest BCUT2D eigenvalue weighted by molar-refractivity contribution is -0.155. The zero-order valence-corrected chi connectivity index (χ0v) is 14.2. The third-order valence-corrected chi connectivity index (χ3v) is 4.32. The van der Waals surface area contributed by atoms with Gasteiger partial charge < -0.3 is 20.1 Å². The van der Waals surface area contributed by atoms with Gasteiger partial charge in [0.25, 0.3) is 11.6 Å². The Hall–Kier alpha value is -2.48. The van der Waals surface area contributed by atoms with Crippen molar-refractivity contribution in [2.24, 2.45) is 0 Å². The first-order valence-corrected chi connectivity index (χ1v) is 8.36. The van der Waals surface area contributed by atoms with Gasteiger partial charge in [-0.1, -0.05) is 18.5 Å². The van der Waals surface area contributed by atoms with Crippen molar-refractivity contribution in [1.82, 2.24) is 15.5 Å². The van der Waals surface area contributed by atoms with E-state index < -0.39 is 24.0 Å². The van der Waals surface area contributed by atoms with Gasteiger partial charge in [-0.2, -0.15) is 0 Å². The maximum Gasteiger partial charge on any atom is 0.337 e. The van der Waals surface area contributed by atoms with Crippen molar-refractivity contribution in [3.63, 3.8) is 0 Å². The van der Waals surface area contributed by atoms with Crippen LogP contribution in [0.5, 0.6) is 0 Å². The predicted octanol–water partition coefficient (Wildman–Crippen LogP) is 1.62. The van der Waals surface area contributed by atoms with Gasteiger partial charge in [0.15, 0.2) is 5.60 Å². The van der Waals surface area contributed by atoms with Crippen LogP contribution in [0.2, 0.25) is 0 Å². The average molecular weight is 347 g/mol. The van der Waals surface area contributed by atoms with E-state index in [1.807, 2.05) is 6.92 Å². The molecule has 3 N–H and O–H groups in total. The highest BCUT2D eigenvalue weighted by Crippen LogP contribution is 2.40. The second-order valence-electron chi connectivity index (χ2n) is 6.69. The number of aliphatic hydroxyl groups is 1. The molecule has 0 bridgehead atoms. The summed E-state index contributed by atoms with van der Waals surface area (Å²) in [6.45, 7) is 2.73. The topological polar surface area (TPSA) is 126 Å². The van der Waals surface area contributed by atoms with Gasteiger partial charge in [0.1, 0.15) is 0 Å². The maximum atomic E-state index is 12.7. The minimum atomic E-state index is -2.04. The average Bonchev–Trinajstić information content (AvgIpc) is 3.34. The number of fused-ring (bicyclic) bond motifs is 1. The van der Waals surface area contributed by atoms with Crippen LogP contribution < -0.4 is 5.32 Å². The Morgan fingerprint density at radius 3 is 2.76 bits per heavy atom. The van der Waals surface area contributed by atoms with Gasteiger partial charge in [-0.15, -0.1) is 0 Å². The number of pyridine rings is 1. The fraction of sp³-hybridized carbons (Fsp3) is 0.529. The second-order valence-corrected chi connectivity index (χ2v) is 6.69. The monoisotopic (exact) mass is 347 g/mol. The van der Waals surface area contributed by atoms with Gasteiger partial charge >= 0.3 is 5.97 Å². The molecule has 1 fully saturated rings. The number of nitrogens with zero attached hydrogens (tertiary/aromatic N) is 2. The first-order valence-electron chi connectivity index (χ1n) is 8.36. The van der Waals surface area contributed by atoms with Crippen LogP contribution in [0.1, 0.15) is 60.8 Å². The summed E-state index contributed by atoms with van der Waals surface area (Å²) in [5, 5.41) is 25.8. The van der Waals surface area contributed by atoms with Gasteiger partial charge in [-0.25, -0.2) is 9.78 Å². The molecule has 1 amide bonds. The van der Waals surface area contributed by atoms with Crippen molar-refractivity contribution in [2.45, 2.75) is 51.0 Å². The molecule has 3 rings (SSSR count). The molecule has 2 aromatic heterocycles. The van der Waals surface area contributed by atoms with Gasteiger partial charge in [0, 0.05) is 11.6 Å². The lowest BCUT2D eigenvalue weighted by Crippen LogP contribution is -2.46. The lowest BCUT2D eigenvalue weighted by Gasteiger charge is -2.18. The molecule has 1 aliphatic carbocycles. The van der Waals surface area contributed by atoms with E-state index in [1.54, 1.807) is 6.07 Å². The number of hydrogen-bond donors (Lipinski definition) is 3. The summed E-state index contributed by atoms with van der Waals surface area (Å²) in [6.07, 6.45) is 3.51. The molecule has 25 heavy (non-hydrogen) atoms. The van der Waals surface area contributed by atoms with Gasteiger partial charge in [0.05, 0.1) is 23.2 Å². The number of aromatic nitrogens is 2. The van der Waals surface area contributed by atoms with Crippen LogP contribution in [0, 0.1) is 0 Å². The molecule has 2 heterocycles. The maximum absolute atomic E-state index is 12.7. The van der Waals surface area contributed by atoms with Crippen molar-refractivity contribution < 1.29 is 24.3 Å². The quantitative estimate of drug-likeness (QED) is 0.695. The third-order valence-electron chi connectivity index (χ3n) is 4.32. The van der Waals surface area contributed by atoms with E-state index in [-0.39, 0.29) is 0 Å². The minimum Gasteiger partial charge on any atom is -0.479 e. The first-order chi connectivity index (χ1) is 11.8. The molecule has 0 aliphatic heterocycles. The fourth-order valence-corrected chi connectivity index (χ4v) is 2.63. The van der Waals surface area contributed by atoms with E-state index in [2.05, 4.69) is 15.5 Å². The number of hydrogen-bond acceptors (Lipinski definition) is 6. The van der Waals surface area contributed by atoms with Gasteiger partial charge in [-0.3, -0.25) is 4.79 Å². The van der Waals surface area contributed by atoms with Crippen LogP contribution in [0.4, 0.5) is 0 Å². The molecule has 0 saturated heterocycles. The molecule has 0 radical (unpaired) electrons. The second kappa shape index (κ2) is 6.44. The zero-order chi connectivity index (χ0) is 18.2. The molecule has 8 nitrogen and oxygen atoms in total. The number of carbonyl (C=O) groups excluding carboxylic acids is 1. The van der Waals surface area contributed by atoms with Crippen molar-refractivity contribution in [3.05, 3.63) is 23.0 Å². The van der Waals surface area contributed by atoms with Crippen LogP contribution >= 0.6 is 0 Å². The first kappa shape index (κ1) is 17.3. The number of rotatable bonds is 7. The molecule has 8 heteroatoms. The smallest absolute Gasteiger partial charge is 0.337 e. The van der Waals surface area contributed by atoms with E-state index in [0.29, 0.717) is 34.7 Å². The summed E-state index contributed by atoms with van der Waals surface area (Å²) in [4.78, 5) is 28.1. The summed E-state index contributed by atoms with van der Waals surface area (Å²) in [5.74, 6) is -1.56. The number of carboxylic acids is 1. The van der Waals surface area contributed by atoms with E-state index in [1.165, 1.54) is 0 Å². The number of aliphatic carboxylic acids is 1. The number of aryl methyl sites for hydroxylation is 1. The molecule has 1 aliphatic rings. The Morgan fingerprint density at radius 2 is 2.16 bits per heavy atom. The molecular formula is C17H21N3O5. The van der Waals surface area contributed by atoms with Crippen molar-refractivity contribution >= 4 is 23.0 Å². The summed E-state index contributed by atoms with van der Waals surface area (Å²) in [6, 6.07) is 1.72. The highest BCUT2D eigenvalue weighted by atomic mass is 16.5. The third kappa shape index (κ3) is 3.48. The highest BCUT2D eigenvalue weighted by Gasteiger charge is 2.32. The van der Waals surface area contributed by atoms with E-state index in [9.17, 15) is 14.7 Å². The molecule has 0 spiro atoms. The Labute approximate surface area is 144 Å². The van der Waals surface area contributed by atoms with Crippen molar-refractivity contribution in [3.8, 4) is 0 Å². The van der Waals surface area contributed by atoms with Crippen molar-refractivity contribution in [1.29, 1.82) is 0 Å².